The van der Waals surface area contributed by atoms with Crippen LogP contribution < -0.4 is 5.32 Å². The largest absolute Gasteiger partial charge is 0.330 e. The summed E-state index contributed by atoms with van der Waals surface area (Å²) in [6.07, 6.45) is 4.39. The number of rotatable bonds is 6. The molecule has 1 atom stereocenters. The monoisotopic (exact) mass is 223 g/mol. The van der Waals surface area contributed by atoms with E-state index in [1.165, 1.54) is 18.5 Å². The van der Waals surface area contributed by atoms with Crippen molar-refractivity contribution >= 4 is 0 Å². The van der Waals surface area contributed by atoms with Gasteiger partial charge in [0.15, 0.2) is 0 Å². The van der Waals surface area contributed by atoms with Crippen molar-refractivity contribution < 1.29 is 0 Å². The third-order valence-corrected chi connectivity index (χ3v) is 3.06. The quantitative estimate of drug-likeness (QED) is 0.803. The normalized spacial score (nSPS) is 13.4. The van der Waals surface area contributed by atoms with E-state index in [1.54, 1.807) is 0 Å². The summed E-state index contributed by atoms with van der Waals surface area (Å²) in [7, 11) is 0. The minimum absolute atomic E-state index is 0.536. The number of nitrogens with one attached hydrogen (secondary N) is 1. The highest BCUT2D eigenvalue weighted by Gasteiger charge is 2.13. The molecule has 92 valence electrons. The molecule has 1 N–H and O–H groups in total. The van der Waals surface area contributed by atoms with Crippen LogP contribution in [-0.4, -0.2) is 22.1 Å². The van der Waals surface area contributed by atoms with Crippen LogP contribution in [0.5, 0.6) is 0 Å². The molecule has 1 aromatic heterocycles. The molecule has 0 aliphatic heterocycles. The van der Waals surface area contributed by atoms with Gasteiger partial charge in [0.2, 0.25) is 0 Å². The minimum Gasteiger partial charge on any atom is -0.330 e. The predicted octanol–water partition coefficient (Wildman–Crippen LogP) is 2.84. The molecule has 3 nitrogen and oxygen atoms in total. The first kappa shape index (κ1) is 13.2. The van der Waals surface area contributed by atoms with Crippen LogP contribution in [0.15, 0.2) is 6.33 Å². The van der Waals surface area contributed by atoms with Crippen LogP contribution in [0.2, 0.25) is 0 Å². The zero-order valence-electron chi connectivity index (χ0n) is 11.2. The predicted molar refractivity (Wildman–Crippen MR) is 68.8 cm³/mol. The van der Waals surface area contributed by atoms with Gasteiger partial charge in [-0.3, -0.25) is 0 Å². The molecule has 0 spiro atoms. The van der Waals surface area contributed by atoms with Gasteiger partial charge in [0.1, 0.15) is 0 Å². The topological polar surface area (TPSA) is 29.9 Å². The van der Waals surface area contributed by atoms with Crippen LogP contribution in [-0.2, 0) is 0 Å². The van der Waals surface area contributed by atoms with Crippen molar-refractivity contribution in [1.82, 2.24) is 14.9 Å². The summed E-state index contributed by atoms with van der Waals surface area (Å²) >= 11 is 0. The summed E-state index contributed by atoms with van der Waals surface area (Å²) in [5, 5.41) is 3.52. The maximum absolute atomic E-state index is 4.38. The molecule has 0 aliphatic carbocycles. The van der Waals surface area contributed by atoms with E-state index in [-0.39, 0.29) is 0 Å². The molecule has 3 heteroatoms. The summed E-state index contributed by atoms with van der Waals surface area (Å²) in [5.41, 5.74) is 2.44. The van der Waals surface area contributed by atoms with Gasteiger partial charge in [-0.2, -0.15) is 0 Å². The fraction of sp³-hybridized carbons (Fsp3) is 0.769. The zero-order valence-corrected chi connectivity index (χ0v) is 11.2. The number of hydrogen-bond donors (Lipinski definition) is 1. The lowest BCUT2D eigenvalue weighted by molar-refractivity contribution is 0.405. The Morgan fingerprint density at radius 2 is 2.06 bits per heavy atom. The Hall–Kier alpha value is -0.830. The van der Waals surface area contributed by atoms with Gasteiger partial charge in [-0.25, -0.2) is 4.98 Å². The van der Waals surface area contributed by atoms with Gasteiger partial charge in [-0.1, -0.05) is 27.2 Å². The number of hydrogen-bond acceptors (Lipinski definition) is 2. The molecule has 0 fully saturated rings. The molecule has 1 aromatic rings. The summed E-state index contributed by atoms with van der Waals surface area (Å²) in [5.74, 6) is 0. The first-order chi connectivity index (χ1) is 7.56. The molecule has 0 saturated heterocycles. The number of aromatic nitrogens is 2. The Morgan fingerprint density at radius 1 is 1.38 bits per heavy atom. The molecule has 0 bridgehead atoms. The van der Waals surface area contributed by atoms with Crippen LogP contribution >= 0.6 is 0 Å². The number of imidazole rings is 1. The molecule has 0 amide bonds. The standard InChI is InChI=1S/C13H25N3/c1-6-7-13(8-14-10(2)3)16-9-15-11(4)12(16)5/h9-10,13-14H,6-8H2,1-5H3. The first-order valence-electron chi connectivity index (χ1n) is 6.29. The Bertz CT molecular complexity index is 315. The maximum Gasteiger partial charge on any atom is 0.0954 e. The summed E-state index contributed by atoms with van der Waals surface area (Å²) in [6.45, 7) is 11.9. The van der Waals surface area contributed by atoms with Crippen molar-refractivity contribution in [2.75, 3.05) is 6.54 Å². The van der Waals surface area contributed by atoms with E-state index in [0.29, 0.717) is 12.1 Å². The molecule has 0 aliphatic rings. The van der Waals surface area contributed by atoms with Gasteiger partial charge >= 0.3 is 0 Å². The van der Waals surface area contributed by atoms with Crippen LogP contribution in [0.1, 0.15) is 51.0 Å². The third-order valence-electron chi connectivity index (χ3n) is 3.06. The molecular weight excluding hydrogens is 198 g/mol. The van der Waals surface area contributed by atoms with Gasteiger partial charge in [0.05, 0.1) is 12.0 Å². The Morgan fingerprint density at radius 3 is 2.50 bits per heavy atom. The fourth-order valence-electron chi connectivity index (χ4n) is 1.93. The van der Waals surface area contributed by atoms with Crippen LogP contribution in [0.25, 0.3) is 0 Å². The molecule has 1 unspecified atom stereocenters. The summed E-state index contributed by atoms with van der Waals surface area (Å²) in [6, 6.07) is 1.08. The van der Waals surface area contributed by atoms with Crippen molar-refractivity contribution in [2.45, 2.75) is 59.5 Å². The van der Waals surface area contributed by atoms with Crippen molar-refractivity contribution in [1.29, 1.82) is 0 Å². The van der Waals surface area contributed by atoms with E-state index < -0.39 is 0 Å². The molecular formula is C13H25N3. The van der Waals surface area contributed by atoms with Crippen molar-refractivity contribution in [3.05, 3.63) is 17.7 Å². The molecule has 0 saturated carbocycles. The van der Waals surface area contributed by atoms with E-state index in [4.69, 9.17) is 0 Å². The molecule has 16 heavy (non-hydrogen) atoms. The van der Waals surface area contributed by atoms with Gasteiger partial charge in [-0.15, -0.1) is 0 Å². The van der Waals surface area contributed by atoms with Crippen LogP contribution in [0.3, 0.4) is 0 Å². The van der Waals surface area contributed by atoms with Gasteiger partial charge in [0, 0.05) is 24.3 Å². The van der Waals surface area contributed by atoms with Crippen molar-refractivity contribution in [2.24, 2.45) is 0 Å². The molecule has 1 rings (SSSR count). The van der Waals surface area contributed by atoms with Gasteiger partial charge in [-0.05, 0) is 20.3 Å². The van der Waals surface area contributed by atoms with Crippen molar-refractivity contribution in [3.8, 4) is 0 Å². The van der Waals surface area contributed by atoms with E-state index in [9.17, 15) is 0 Å². The van der Waals surface area contributed by atoms with Gasteiger partial charge in [0.25, 0.3) is 0 Å². The molecule has 0 aromatic carbocycles. The summed E-state index contributed by atoms with van der Waals surface area (Å²) in [4.78, 5) is 4.38. The second kappa shape index (κ2) is 6.04. The molecule has 0 radical (unpaired) electrons. The van der Waals surface area contributed by atoms with E-state index in [2.05, 4.69) is 49.5 Å². The van der Waals surface area contributed by atoms with Gasteiger partial charge < -0.3 is 9.88 Å². The minimum atomic E-state index is 0.536. The lowest BCUT2D eigenvalue weighted by Crippen LogP contribution is -2.30. The highest BCUT2D eigenvalue weighted by atomic mass is 15.1. The average Bonchev–Trinajstić information content (AvgIpc) is 2.55. The van der Waals surface area contributed by atoms with Crippen molar-refractivity contribution in [3.63, 3.8) is 0 Å². The second-order valence-electron chi connectivity index (χ2n) is 4.83. The second-order valence-corrected chi connectivity index (χ2v) is 4.83. The summed E-state index contributed by atoms with van der Waals surface area (Å²) < 4.78 is 2.31. The number of nitrogens with zero attached hydrogens (tertiary/aromatic N) is 2. The Balaban J connectivity index is 2.72. The fourth-order valence-corrected chi connectivity index (χ4v) is 1.93. The van der Waals surface area contributed by atoms with Crippen LogP contribution in [0.4, 0.5) is 0 Å². The maximum atomic E-state index is 4.38. The van der Waals surface area contributed by atoms with E-state index in [1.807, 2.05) is 6.33 Å². The first-order valence-corrected chi connectivity index (χ1v) is 6.29. The lowest BCUT2D eigenvalue weighted by Gasteiger charge is -2.21. The average molecular weight is 223 g/mol. The Labute approximate surface area is 99.3 Å². The highest BCUT2D eigenvalue weighted by Crippen LogP contribution is 2.17. The van der Waals surface area contributed by atoms with Crippen LogP contribution in [0, 0.1) is 13.8 Å². The van der Waals surface area contributed by atoms with E-state index >= 15 is 0 Å². The third kappa shape index (κ3) is 3.34. The smallest absolute Gasteiger partial charge is 0.0954 e. The zero-order chi connectivity index (χ0) is 12.1. The molecule has 1 heterocycles. The number of aryl methyl sites for hydroxylation is 1. The Kier molecular flexibility index (Phi) is 5.00. The highest BCUT2D eigenvalue weighted by molar-refractivity contribution is 5.09. The van der Waals surface area contributed by atoms with E-state index in [0.717, 1.165) is 12.2 Å². The lowest BCUT2D eigenvalue weighted by atomic mass is 10.1. The SMILES string of the molecule is CCCC(CNC(C)C)n1cnc(C)c1C.